The lowest BCUT2D eigenvalue weighted by Gasteiger charge is -2.19. The van der Waals surface area contributed by atoms with E-state index in [9.17, 15) is 5.11 Å². The Labute approximate surface area is 104 Å². The van der Waals surface area contributed by atoms with Crippen LogP contribution in [0.1, 0.15) is 51.7 Å². The number of ether oxygens (including phenoxy) is 1. The van der Waals surface area contributed by atoms with Crippen molar-refractivity contribution in [3.63, 3.8) is 0 Å². The Bertz CT molecular complexity index is 328. The fourth-order valence-electron chi connectivity index (χ4n) is 1.86. The summed E-state index contributed by atoms with van der Waals surface area (Å²) < 4.78 is 5.38. The van der Waals surface area contributed by atoms with Crippen LogP contribution in [-0.4, -0.2) is 16.7 Å². The Hall–Kier alpha value is -1.09. The summed E-state index contributed by atoms with van der Waals surface area (Å²) in [4.78, 5) is 4.10. The molecule has 0 aliphatic rings. The van der Waals surface area contributed by atoms with Crippen LogP contribution >= 0.6 is 0 Å². The van der Waals surface area contributed by atoms with Gasteiger partial charge in [-0.25, -0.2) is 0 Å². The minimum absolute atomic E-state index is 0.258. The van der Waals surface area contributed by atoms with Crippen LogP contribution in [0.25, 0.3) is 0 Å². The van der Waals surface area contributed by atoms with Crippen molar-refractivity contribution < 1.29 is 9.84 Å². The number of aliphatic hydroxyl groups is 1. The van der Waals surface area contributed by atoms with E-state index in [1.165, 1.54) is 0 Å². The third-order valence-electron chi connectivity index (χ3n) is 2.94. The Balaban J connectivity index is 2.66. The van der Waals surface area contributed by atoms with Gasteiger partial charge in [-0.15, -0.1) is 0 Å². The van der Waals surface area contributed by atoms with Crippen LogP contribution in [0.15, 0.2) is 18.5 Å². The quantitative estimate of drug-likeness (QED) is 0.791. The first-order valence-corrected chi connectivity index (χ1v) is 6.44. The highest BCUT2D eigenvalue weighted by molar-refractivity contribution is 5.25. The van der Waals surface area contributed by atoms with Crippen molar-refractivity contribution in [2.24, 2.45) is 5.92 Å². The molecule has 0 aliphatic carbocycles. The van der Waals surface area contributed by atoms with Crippen molar-refractivity contribution in [2.75, 3.05) is 6.61 Å². The van der Waals surface area contributed by atoms with Gasteiger partial charge in [0.2, 0.25) is 0 Å². The smallest absolute Gasteiger partial charge is 0.137 e. The van der Waals surface area contributed by atoms with E-state index < -0.39 is 6.10 Å². The third kappa shape index (κ3) is 4.35. The normalized spacial score (nSPS) is 14.4. The molecule has 17 heavy (non-hydrogen) atoms. The van der Waals surface area contributed by atoms with E-state index in [4.69, 9.17) is 4.74 Å². The van der Waals surface area contributed by atoms with Gasteiger partial charge >= 0.3 is 0 Å². The second-order valence-corrected chi connectivity index (χ2v) is 4.45. The summed E-state index contributed by atoms with van der Waals surface area (Å²) >= 11 is 0. The predicted molar refractivity (Wildman–Crippen MR) is 69.1 cm³/mol. The molecule has 1 aromatic heterocycles. The van der Waals surface area contributed by atoms with E-state index >= 15 is 0 Å². The fourth-order valence-corrected chi connectivity index (χ4v) is 1.86. The molecule has 3 heteroatoms. The number of hydrogen-bond donors (Lipinski definition) is 1. The Morgan fingerprint density at radius 3 is 2.76 bits per heavy atom. The molecule has 0 spiro atoms. The van der Waals surface area contributed by atoms with Crippen molar-refractivity contribution in [3.05, 3.63) is 24.0 Å². The lowest BCUT2D eigenvalue weighted by Crippen LogP contribution is -2.09. The topological polar surface area (TPSA) is 42.4 Å². The van der Waals surface area contributed by atoms with Crippen molar-refractivity contribution in [1.82, 2.24) is 4.98 Å². The van der Waals surface area contributed by atoms with E-state index in [0.717, 1.165) is 30.6 Å². The fraction of sp³-hybridized carbons (Fsp3) is 0.643. The number of pyridine rings is 1. The van der Waals surface area contributed by atoms with Gasteiger partial charge < -0.3 is 9.84 Å². The zero-order valence-corrected chi connectivity index (χ0v) is 11.0. The second-order valence-electron chi connectivity index (χ2n) is 4.45. The van der Waals surface area contributed by atoms with Crippen molar-refractivity contribution in [1.29, 1.82) is 0 Å². The van der Waals surface area contributed by atoms with Gasteiger partial charge in [-0.1, -0.05) is 26.7 Å². The second kappa shape index (κ2) is 7.28. The Morgan fingerprint density at radius 1 is 1.35 bits per heavy atom. The minimum atomic E-state index is -0.450. The molecule has 0 saturated carbocycles. The average Bonchev–Trinajstić information content (AvgIpc) is 2.35. The number of aliphatic hydroxyl groups excluding tert-OH is 1. The van der Waals surface area contributed by atoms with Crippen molar-refractivity contribution in [3.8, 4) is 5.75 Å². The molecular weight excluding hydrogens is 214 g/mol. The van der Waals surface area contributed by atoms with E-state index in [0.29, 0.717) is 6.61 Å². The first kappa shape index (κ1) is 14.0. The molecule has 0 aromatic carbocycles. The summed E-state index contributed by atoms with van der Waals surface area (Å²) in [5, 5.41) is 10.2. The number of rotatable bonds is 7. The molecule has 3 nitrogen and oxygen atoms in total. The third-order valence-corrected chi connectivity index (χ3v) is 2.94. The number of nitrogens with zero attached hydrogens (tertiary/aromatic N) is 1. The summed E-state index contributed by atoms with van der Waals surface area (Å²) in [5.74, 6) is 0.986. The van der Waals surface area contributed by atoms with Crippen LogP contribution in [0, 0.1) is 5.92 Å². The van der Waals surface area contributed by atoms with Crippen molar-refractivity contribution in [2.45, 2.75) is 46.1 Å². The molecule has 0 saturated heterocycles. The van der Waals surface area contributed by atoms with Gasteiger partial charge in [0, 0.05) is 11.8 Å². The number of hydrogen-bond acceptors (Lipinski definition) is 3. The Kier molecular flexibility index (Phi) is 5.98. The summed E-state index contributed by atoms with van der Waals surface area (Å²) in [7, 11) is 0. The van der Waals surface area contributed by atoms with Crippen LogP contribution in [0.3, 0.4) is 0 Å². The molecule has 1 N–H and O–H groups in total. The standard InChI is InChI=1S/C14H23NO2/c1-4-6-7-11(3)14(16)12-8-13(17-5-2)10-15-9-12/h8-11,14,16H,4-7H2,1-3H3. The van der Waals surface area contributed by atoms with E-state index in [-0.39, 0.29) is 5.92 Å². The van der Waals surface area contributed by atoms with Gasteiger partial charge in [0.15, 0.2) is 0 Å². The maximum absolute atomic E-state index is 10.2. The number of unbranched alkanes of at least 4 members (excludes halogenated alkanes) is 1. The molecule has 0 bridgehead atoms. The van der Waals surface area contributed by atoms with Crippen LogP contribution in [0.4, 0.5) is 0 Å². The Morgan fingerprint density at radius 2 is 2.12 bits per heavy atom. The van der Waals surface area contributed by atoms with Gasteiger partial charge in [0.25, 0.3) is 0 Å². The average molecular weight is 237 g/mol. The largest absolute Gasteiger partial charge is 0.492 e. The lowest BCUT2D eigenvalue weighted by molar-refractivity contribution is 0.111. The van der Waals surface area contributed by atoms with Crippen LogP contribution in [0.2, 0.25) is 0 Å². The van der Waals surface area contributed by atoms with Gasteiger partial charge in [0.05, 0.1) is 18.9 Å². The molecule has 0 radical (unpaired) electrons. The van der Waals surface area contributed by atoms with Gasteiger partial charge in [-0.2, -0.15) is 0 Å². The van der Waals surface area contributed by atoms with Crippen LogP contribution in [0.5, 0.6) is 5.75 Å². The predicted octanol–water partition coefficient (Wildman–Crippen LogP) is 3.34. The number of aromatic nitrogens is 1. The zero-order chi connectivity index (χ0) is 12.7. The maximum atomic E-state index is 10.2. The molecule has 0 aliphatic heterocycles. The maximum Gasteiger partial charge on any atom is 0.137 e. The molecular formula is C14H23NO2. The SMILES string of the molecule is CCCCC(C)C(O)c1cncc(OCC)c1. The van der Waals surface area contributed by atoms with E-state index in [2.05, 4.69) is 18.8 Å². The molecule has 0 amide bonds. The summed E-state index contributed by atoms with van der Waals surface area (Å²) in [5.41, 5.74) is 0.847. The van der Waals surface area contributed by atoms with E-state index in [1.54, 1.807) is 12.4 Å². The monoisotopic (exact) mass is 237 g/mol. The summed E-state index contributed by atoms with van der Waals surface area (Å²) in [6, 6.07) is 1.88. The first-order valence-electron chi connectivity index (χ1n) is 6.44. The van der Waals surface area contributed by atoms with Crippen LogP contribution < -0.4 is 4.74 Å². The van der Waals surface area contributed by atoms with Gasteiger partial charge in [0.1, 0.15) is 5.75 Å². The van der Waals surface area contributed by atoms with Gasteiger partial charge in [-0.3, -0.25) is 4.98 Å². The molecule has 0 fully saturated rings. The molecule has 1 aromatic rings. The van der Waals surface area contributed by atoms with Crippen LogP contribution in [-0.2, 0) is 0 Å². The highest BCUT2D eigenvalue weighted by Crippen LogP contribution is 2.27. The molecule has 96 valence electrons. The van der Waals surface area contributed by atoms with E-state index in [1.807, 2.05) is 13.0 Å². The molecule has 2 atom stereocenters. The molecule has 2 unspecified atom stereocenters. The highest BCUT2D eigenvalue weighted by atomic mass is 16.5. The highest BCUT2D eigenvalue weighted by Gasteiger charge is 2.16. The zero-order valence-electron chi connectivity index (χ0n) is 11.0. The first-order chi connectivity index (χ1) is 8.19. The molecule has 1 rings (SSSR count). The summed E-state index contributed by atoms with van der Waals surface area (Å²) in [6.07, 6.45) is 6.29. The summed E-state index contributed by atoms with van der Waals surface area (Å²) in [6.45, 7) is 6.80. The lowest BCUT2D eigenvalue weighted by atomic mass is 9.94. The minimum Gasteiger partial charge on any atom is -0.492 e. The van der Waals surface area contributed by atoms with Crippen molar-refractivity contribution >= 4 is 0 Å². The molecule has 1 heterocycles. The van der Waals surface area contributed by atoms with Gasteiger partial charge in [-0.05, 0) is 25.3 Å².